The van der Waals surface area contributed by atoms with Crippen LogP contribution >= 0.6 is 0 Å². The summed E-state index contributed by atoms with van der Waals surface area (Å²) in [5, 5.41) is 3.16. The lowest BCUT2D eigenvalue weighted by molar-refractivity contribution is 0.138. The first kappa shape index (κ1) is 11.7. The number of carbonyl (C=O) groups excluding carboxylic acids is 1. The number of hydrogen-bond donors (Lipinski definition) is 1. The highest BCUT2D eigenvalue weighted by Gasteiger charge is 2.28. The van der Waals surface area contributed by atoms with Gasteiger partial charge in [0.05, 0.1) is 0 Å². The fraction of sp³-hybridized carbons (Fsp3) is 0.923. The molecule has 92 valence electrons. The number of urea groups is 1. The molecule has 0 atom stereocenters. The molecule has 0 radical (unpaired) electrons. The predicted octanol–water partition coefficient (Wildman–Crippen LogP) is 2.76. The third kappa shape index (κ3) is 2.89. The fourth-order valence-corrected chi connectivity index (χ4v) is 2.65. The topological polar surface area (TPSA) is 32.3 Å². The molecule has 0 spiro atoms. The summed E-state index contributed by atoms with van der Waals surface area (Å²) < 4.78 is 0. The van der Waals surface area contributed by atoms with E-state index in [1.165, 1.54) is 25.7 Å². The molecule has 1 aliphatic heterocycles. The van der Waals surface area contributed by atoms with E-state index < -0.39 is 0 Å². The van der Waals surface area contributed by atoms with E-state index in [4.69, 9.17) is 0 Å². The zero-order valence-electron chi connectivity index (χ0n) is 10.6. The minimum atomic E-state index is 0.169. The van der Waals surface area contributed by atoms with Gasteiger partial charge in [0.2, 0.25) is 0 Å². The van der Waals surface area contributed by atoms with Crippen molar-refractivity contribution >= 4 is 6.03 Å². The second-order valence-electron chi connectivity index (χ2n) is 6.08. The average molecular weight is 224 g/mol. The van der Waals surface area contributed by atoms with Crippen LogP contribution in [-0.2, 0) is 0 Å². The summed E-state index contributed by atoms with van der Waals surface area (Å²) in [4.78, 5) is 14.0. The third-order valence-corrected chi connectivity index (χ3v) is 4.09. The number of nitrogens with zero attached hydrogens (tertiary/aromatic N) is 1. The zero-order chi connectivity index (χ0) is 11.6. The Hall–Kier alpha value is -0.730. The molecular weight excluding hydrogens is 200 g/mol. The molecule has 1 saturated carbocycles. The van der Waals surface area contributed by atoms with Gasteiger partial charge in [-0.3, -0.25) is 0 Å². The Labute approximate surface area is 98.6 Å². The van der Waals surface area contributed by atoms with Crippen LogP contribution in [0.4, 0.5) is 4.79 Å². The van der Waals surface area contributed by atoms with Gasteiger partial charge in [0.15, 0.2) is 0 Å². The first-order chi connectivity index (χ1) is 7.57. The molecule has 1 saturated heterocycles. The maximum absolute atomic E-state index is 12.0. The molecule has 2 amide bonds. The molecule has 1 heterocycles. The van der Waals surface area contributed by atoms with E-state index in [1.807, 2.05) is 4.90 Å². The quantitative estimate of drug-likeness (QED) is 0.730. The van der Waals surface area contributed by atoms with Crippen LogP contribution < -0.4 is 5.32 Å². The van der Waals surface area contributed by atoms with Crippen LogP contribution in [0.3, 0.4) is 0 Å². The van der Waals surface area contributed by atoms with Crippen LogP contribution in [0.5, 0.6) is 0 Å². The summed E-state index contributed by atoms with van der Waals surface area (Å²) in [6.45, 7) is 6.43. The van der Waals surface area contributed by atoms with Gasteiger partial charge in [-0.25, -0.2) is 4.79 Å². The minimum Gasteiger partial charge on any atom is -0.335 e. The normalized spacial score (nSPS) is 25.8. The summed E-state index contributed by atoms with van der Waals surface area (Å²) in [5.41, 5.74) is 0.421. The van der Waals surface area contributed by atoms with Crippen LogP contribution in [0.1, 0.15) is 52.4 Å². The summed E-state index contributed by atoms with van der Waals surface area (Å²) in [6, 6.07) is 0.616. The highest BCUT2D eigenvalue weighted by atomic mass is 16.2. The highest BCUT2D eigenvalue weighted by Crippen LogP contribution is 2.29. The average Bonchev–Trinajstić information content (AvgIpc) is 2.70. The Bertz CT molecular complexity index is 247. The molecule has 0 bridgehead atoms. The van der Waals surface area contributed by atoms with Crippen molar-refractivity contribution in [3.63, 3.8) is 0 Å². The van der Waals surface area contributed by atoms with Gasteiger partial charge < -0.3 is 10.2 Å². The monoisotopic (exact) mass is 224 g/mol. The Morgan fingerprint density at radius 1 is 1.19 bits per heavy atom. The Balaban J connectivity index is 1.77. The van der Waals surface area contributed by atoms with E-state index in [2.05, 4.69) is 19.2 Å². The summed E-state index contributed by atoms with van der Waals surface area (Å²) in [5.74, 6) is 0. The van der Waals surface area contributed by atoms with Gasteiger partial charge in [-0.05, 0) is 31.1 Å². The van der Waals surface area contributed by atoms with E-state index in [1.54, 1.807) is 0 Å². The van der Waals surface area contributed by atoms with Crippen LogP contribution in [0, 0.1) is 5.41 Å². The second-order valence-corrected chi connectivity index (χ2v) is 6.08. The van der Waals surface area contributed by atoms with Crippen molar-refractivity contribution in [2.75, 3.05) is 13.1 Å². The number of nitrogens with one attached hydrogen (secondary N) is 1. The van der Waals surface area contributed by atoms with Crippen LogP contribution in [-0.4, -0.2) is 30.1 Å². The third-order valence-electron chi connectivity index (χ3n) is 4.09. The first-order valence-corrected chi connectivity index (χ1v) is 6.62. The molecule has 2 rings (SSSR count). The van der Waals surface area contributed by atoms with Gasteiger partial charge in [0, 0.05) is 19.1 Å². The van der Waals surface area contributed by atoms with Crippen molar-refractivity contribution < 1.29 is 4.79 Å². The van der Waals surface area contributed by atoms with Gasteiger partial charge in [-0.1, -0.05) is 26.7 Å². The molecule has 0 aromatic heterocycles. The lowest BCUT2D eigenvalue weighted by Gasteiger charge is -2.37. The predicted molar refractivity (Wildman–Crippen MR) is 65.4 cm³/mol. The Morgan fingerprint density at radius 3 is 2.31 bits per heavy atom. The number of piperidine rings is 1. The first-order valence-electron chi connectivity index (χ1n) is 6.62. The van der Waals surface area contributed by atoms with Gasteiger partial charge >= 0.3 is 6.03 Å². The molecule has 2 aliphatic rings. The highest BCUT2D eigenvalue weighted by molar-refractivity contribution is 5.74. The molecule has 0 unspecified atom stereocenters. The van der Waals surface area contributed by atoms with Crippen molar-refractivity contribution in [3.8, 4) is 0 Å². The lowest BCUT2D eigenvalue weighted by atomic mass is 9.83. The van der Waals surface area contributed by atoms with E-state index in [-0.39, 0.29) is 6.03 Å². The molecule has 1 N–H and O–H groups in total. The Morgan fingerprint density at radius 2 is 1.75 bits per heavy atom. The molecule has 2 fully saturated rings. The fourth-order valence-electron chi connectivity index (χ4n) is 2.65. The number of likely N-dealkylation sites (tertiary alicyclic amines) is 1. The van der Waals surface area contributed by atoms with Crippen molar-refractivity contribution in [1.29, 1.82) is 0 Å². The van der Waals surface area contributed by atoms with Gasteiger partial charge in [-0.15, -0.1) is 0 Å². The van der Waals surface area contributed by atoms with Crippen LogP contribution in [0.15, 0.2) is 0 Å². The summed E-state index contributed by atoms with van der Waals surface area (Å²) >= 11 is 0. The van der Waals surface area contributed by atoms with E-state index in [9.17, 15) is 4.79 Å². The molecule has 0 aromatic carbocycles. The smallest absolute Gasteiger partial charge is 0.317 e. The largest absolute Gasteiger partial charge is 0.335 e. The van der Waals surface area contributed by atoms with E-state index in [0.29, 0.717) is 11.5 Å². The molecule has 3 nitrogen and oxygen atoms in total. The molecule has 3 heteroatoms. The standard InChI is InChI=1S/C13H24N2O/c1-13(2)7-9-15(10-8-13)12(16)14-11-5-3-4-6-11/h11H,3-10H2,1-2H3,(H,14,16). The van der Waals surface area contributed by atoms with E-state index in [0.717, 1.165) is 25.9 Å². The number of amides is 2. The van der Waals surface area contributed by atoms with Crippen molar-refractivity contribution in [1.82, 2.24) is 10.2 Å². The zero-order valence-corrected chi connectivity index (χ0v) is 10.6. The SMILES string of the molecule is CC1(C)CCN(C(=O)NC2CCCC2)CC1. The van der Waals surface area contributed by atoms with Crippen LogP contribution in [0.2, 0.25) is 0 Å². The maximum atomic E-state index is 12.0. The number of hydrogen-bond acceptors (Lipinski definition) is 1. The summed E-state index contributed by atoms with van der Waals surface area (Å²) in [6.07, 6.45) is 7.16. The van der Waals surface area contributed by atoms with Gasteiger partial charge in [0.25, 0.3) is 0 Å². The van der Waals surface area contributed by atoms with Crippen molar-refractivity contribution in [2.24, 2.45) is 5.41 Å². The molecular formula is C13H24N2O. The lowest BCUT2D eigenvalue weighted by Crippen LogP contribution is -2.48. The minimum absolute atomic E-state index is 0.169. The maximum Gasteiger partial charge on any atom is 0.317 e. The molecule has 1 aliphatic carbocycles. The van der Waals surface area contributed by atoms with Gasteiger partial charge in [0.1, 0.15) is 0 Å². The van der Waals surface area contributed by atoms with Crippen LogP contribution in [0.25, 0.3) is 0 Å². The van der Waals surface area contributed by atoms with E-state index >= 15 is 0 Å². The number of carbonyl (C=O) groups is 1. The van der Waals surface area contributed by atoms with Gasteiger partial charge in [-0.2, -0.15) is 0 Å². The molecule has 0 aromatic rings. The van der Waals surface area contributed by atoms with Crippen molar-refractivity contribution in [2.45, 2.75) is 58.4 Å². The van der Waals surface area contributed by atoms with Crippen molar-refractivity contribution in [3.05, 3.63) is 0 Å². The number of rotatable bonds is 1. The Kier molecular flexibility index (Phi) is 3.41. The second kappa shape index (κ2) is 4.64. The molecule has 16 heavy (non-hydrogen) atoms. The summed E-state index contributed by atoms with van der Waals surface area (Å²) in [7, 11) is 0.